The normalized spacial score (nSPS) is 11.3. The van der Waals surface area contributed by atoms with Crippen molar-refractivity contribution >= 4 is 32.8 Å². The van der Waals surface area contributed by atoms with Crippen LogP contribution in [0.5, 0.6) is 0 Å². The van der Waals surface area contributed by atoms with Gasteiger partial charge in [0.1, 0.15) is 0 Å². The first-order valence-corrected chi connectivity index (χ1v) is 15.7. The molecule has 230 valence electrons. The molecule has 9 aromatic rings. The monoisotopic (exact) mass is 795 g/mol. The fraction of sp³-hybridized carbons (Fsp3) is 0.0233. The zero-order valence-corrected chi connectivity index (χ0v) is 28.3. The van der Waals surface area contributed by atoms with Crippen LogP contribution in [0.1, 0.15) is 0 Å². The summed E-state index contributed by atoms with van der Waals surface area (Å²) in [5.74, 6) is 0.885. The molecule has 9 rings (SSSR count). The quantitative estimate of drug-likeness (QED) is 0.163. The Bertz CT molecular complexity index is 2570. The number of hydrogen-bond donors (Lipinski definition) is 0. The van der Waals surface area contributed by atoms with Gasteiger partial charge in [-0.25, -0.2) is 0 Å². The number of benzene rings is 6. The van der Waals surface area contributed by atoms with Gasteiger partial charge in [-0.3, -0.25) is 4.98 Å². The standard InChI is InChI=1S/C43H28N4.Pt/c1-46-41-16-6-5-15-39(41)45-43(46)34-21-23-36-37-27-32(31-19-17-30(18-20-31)29-10-3-2-4-11-29)22-24-40(37)47(42(36)28-34)35-13-9-12-33(26-35)38-14-7-8-25-44-38;/h2-25,27H,1H3;/q-2;+2. The van der Waals surface area contributed by atoms with Crippen LogP contribution in [-0.2, 0) is 28.1 Å². The Morgan fingerprint density at radius 3 is 2.06 bits per heavy atom. The van der Waals surface area contributed by atoms with Crippen molar-refractivity contribution in [2.24, 2.45) is 7.05 Å². The minimum absolute atomic E-state index is 0. The van der Waals surface area contributed by atoms with Crippen molar-refractivity contribution in [2.45, 2.75) is 0 Å². The predicted octanol–water partition coefficient (Wildman–Crippen LogP) is 10.3. The van der Waals surface area contributed by atoms with E-state index in [-0.39, 0.29) is 21.1 Å². The maximum atomic E-state index is 4.99. The minimum Gasteiger partial charge on any atom is -0.367 e. The van der Waals surface area contributed by atoms with E-state index in [2.05, 4.69) is 155 Å². The van der Waals surface area contributed by atoms with Gasteiger partial charge in [-0.15, -0.1) is 53.6 Å². The molecule has 0 atom stereocenters. The minimum atomic E-state index is 0. The molecule has 0 fully saturated rings. The maximum Gasteiger partial charge on any atom is 2.00 e. The van der Waals surface area contributed by atoms with Gasteiger partial charge in [0, 0.05) is 18.8 Å². The number of rotatable bonds is 5. The molecule has 0 saturated carbocycles. The van der Waals surface area contributed by atoms with Crippen LogP contribution >= 0.6 is 0 Å². The molecule has 0 unspecified atom stereocenters. The smallest absolute Gasteiger partial charge is 0.367 e. The summed E-state index contributed by atoms with van der Waals surface area (Å²) in [5.41, 5.74) is 12.6. The number of imidazole rings is 1. The summed E-state index contributed by atoms with van der Waals surface area (Å²) >= 11 is 0. The molecule has 0 radical (unpaired) electrons. The molecule has 0 aliphatic carbocycles. The van der Waals surface area contributed by atoms with E-state index in [0.29, 0.717) is 0 Å². The van der Waals surface area contributed by atoms with E-state index in [1.165, 1.54) is 22.3 Å². The predicted molar refractivity (Wildman–Crippen MR) is 192 cm³/mol. The second-order valence-electron chi connectivity index (χ2n) is 11.8. The van der Waals surface area contributed by atoms with E-state index < -0.39 is 0 Å². The number of para-hydroxylation sites is 2. The summed E-state index contributed by atoms with van der Waals surface area (Å²) in [5, 5.41) is 2.29. The third-order valence-electron chi connectivity index (χ3n) is 8.99. The third-order valence-corrected chi connectivity index (χ3v) is 8.99. The molecule has 0 bridgehead atoms. The number of aromatic nitrogens is 4. The summed E-state index contributed by atoms with van der Waals surface area (Å²) in [6.45, 7) is 0. The molecule has 6 aromatic carbocycles. The van der Waals surface area contributed by atoms with E-state index in [9.17, 15) is 0 Å². The van der Waals surface area contributed by atoms with Crippen LogP contribution < -0.4 is 0 Å². The molecule has 0 amide bonds. The number of aryl methyl sites for hydroxylation is 1. The van der Waals surface area contributed by atoms with Crippen molar-refractivity contribution < 1.29 is 21.1 Å². The van der Waals surface area contributed by atoms with Crippen LogP contribution in [0.4, 0.5) is 0 Å². The van der Waals surface area contributed by atoms with Crippen LogP contribution in [0.25, 0.3) is 83.4 Å². The van der Waals surface area contributed by atoms with Gasteiger partial charge in [0.15, 0.2) is 0 Å². The molecule has 0 N–H and O–H groups in total. The largest absolute Gasteiger partial charge is 2.00 e. The fourth-order valence-electron chi connectivity index (χ4n) is 6.63. The van der Waals surface area contributed by atoms with E-state index >= 15 is 0 Å². The van der Waals surface area contributed by atoms with Crippen LogP contribution in [0.3, 0.4) is 0 Å². The Morgan fingerprint density at radius 2 is 1.27 bits per heavy atom. The molecular weight excluding hydrogens is 768 g/mol. The van der Waals surface area contributed by atoms with Crippen molar-refractivity contribution in [1.82, 2.24) is 19.1 Å². The van der Waals surface area contributed by atoms with Crippen molar-refractivity contribution in [2.75, 3.05) is 0 Å². The number of hydrogen-bond acceptors (Lipinski definition) is 2. The number of nitrogens with zero attached hydrogens (tertiary/aromatic N) is 4. The van der Waals surface area contributed by atoms with E-state index in [1.807, 2.05) is 30.5 Å². The van der Waals surface area contributed by atoms with Crippen molar-refractivity contribution in [3.05, 3.63) is 164 Å². The molecule has 3 heterocycles. The van der Waals surface area contributed by atoms with Crippen LogP contribution in [0.2, 0.25) is 0 Å². The Morgan fingerprint density at radius 1 is 0.542 bits per heavy atom. The average molecular weight is 796 g/mol. The topological polar surface area (TPSA) is 35.6 Å². The SMILES string of the molecule is Cn1c(-c2[c-]c3c(cc2)c2cc(-c4ccc(-c5ccccc5)cc4)ccc2n3-c2[c-]c(-c3ccccn3)ccc2)nc2ccccc21.[Pt+2]. The van der Waals surface area contributed by atoms with Crippen molar-refractivity contribution in [3.63, 3.8) is 0 Å². The van der Waals surface area contributed by atoms with Gasteiger partial charge in [0.05, 0.1) is 16.9 Å². The fourth-order valence-corrected chi connectivity index (χ4v) is 6.63. The van der Waals surface area contributed by atoms with E-state index in [0.717, 1.165) is 61.2 Å². The Balaban J connectivity index is 0.00000336. The molecule has 5 heteroatoms. The Kier molecular flexibility index (Phi) is 7.59. The Labute approximate surface area is 293 Å². The van der Waals surface area contributed by atoms with Gasteiger partial charge in [-0.1, -0.05) is 96.4 Å². The zero-order chi connectivity index (χ0) is 31.3. The van der Waals surface area contributed by atoms with Gasteiger partial charge in [-0.2, -0.15) is 0 Å². The van der Waals surface area contributed by atoms with Crippen molar-refractivity contribution in [1.29, 1.82) is 0 Å². The second-order valence-corrected chi connectivity index (χ2v) is 11.8. The summed E-state index contributed by atoms with van der Waals surface area (Å²) in [6, 6.07) is 58.3. The third kappa shape index (κ3) is 5.06. The average Bonchev–Trinajstić information content (AvgIpc) is 3.66. The van der Waals surface area contributed by atoms with Crippen LogP contribution in [0.15, 0.2) is 152 Å². The van der Waals surface area contributed by atoms with E-state index in [4.69, 9.17) is 4.98 Å². The second kappa shape index (κ2) is 12.2. The van der Waals surface area contributed by atoms with Crippen molar-refractivity contribution in [3.8, 4) is 50.6 Å². The molecule has 0 aliphatic rings. The van der Waals surface area contributed by atoms with Gasteiger partial charge in [0.25, 0.3) is 0 Å². The molecule has 0 spiro atoms. The first kappa shape index (κ1) is 29.8. The van der Waals surface area contributed by atoms with Crippen LogP contribution in [0, 0.1) is 12.1 Å². The molecule has 0 saturated heterocycles. The summed E-state index contributed by atoms with van der Waals surface area (Å²) < 4.78 is 4.41. The molecule has 0 aliphatic heterocycles. The number of fused-ring (bicyclic) bond motifs is 4. The molecule has 48 heavy (non-hydrogen) atoms. The van der Waals surface area contributed by atoms with Gasteiger partial charge in [-0.05, 0) is 68.8 Å². The van der Waals surface area contributed by atoms with Gasteiger partial charge < -0.3 is 14.1 Å². The van der Waals surface area contributed by atoms with Crippen LogP contribution in [-0.4, -0.2) is 19.1 Å². The molecule has 3 aromatic heterocycles. The van der Waals surface area contributed by atoms with E-state index in [1.54, 1.807) is 0 Å². The summed E-state index contributed by atoms with van der Waals surface area (Å²) in [7, 11) is 2.07. The first-order valence-electron chi connectivity index (χ1n) is 15.7. The zero-order valence-electron chi connectivity index (χ0n) is 26.0. The molecule has 4 nitrogen and oxygen atoms in total. The number of pyridine rings is 1. The summed E-state index contributed by atoms with van der Waals surface area (Å²) in [4.78, 5) is 9.58. The molecular formula is C43H28N4Pt. The Hall–Kier alpha value is -5.57. The maximum absolute atomic E-state index is 4.99. The van der Waals surface area contributed by atoms with Gasteiger partial charge in [0.2, 0.25) is 0 Å². The first-order chi connectivity index (χ1) is 23.2. The van der Waals surface area contributed by atoms with Gasteiger partial charge >= 0.3 is 21.1 Å². The summed E-state index contributed by atoms with van der Waals surface area (Å²) in [6.07, 6.45) is 1.82.